The number of nitro groups is 2. The second kappa shape index (κ2) is 17.6. The monoisotopic (exact) mass is 532 g/mol. The third-order valence-electron chi connectivity index (χ3n) is 3.87. The maximum Gasteiger partial charge on any atom is 0.254 e. The van der Waals surface area contributed by atoms with Crippen molar-refractivity contribution in [2.45, 2.75) is 26.5 Å². The van der Waals surface area contributed by atoms with Crippen molar-refractivity contribution in [3.05, 3.63) is 102 Å². The number of hydrogen-bond donors (Lipinski definition) is 2. The van der Waals surface area contributed by atoms with E-state index in [-0.39, 0.29) is 20.1 Å². The summed E-state index contributed by atoms with van der Waals surface area (Å²) < 4.78 is 0. The number of halogens is 2. The summed E-state index contributed by atoms with van der Waals surface area (Å²) in [5, 5.41) is 27.0. The highest BCUT2D eigenvalue weighted by atomic mass is 35.5. The minimum Gasteiger partial charge on any atom is -0.386 e. The van der Waals surface area contributed by atoms with Crippen molar-refractivity contribution < 1.29 is 9.85 Å². The smallest absolute Gasteiger partial charge is 0.254 e. The van der Waals surface area contributed by atoms with Crippen molar-refractivity contribution in [1.29, 1.82) is 0 Å². The van der Waals surface area contributed by atoms with Gasteiger partial charge in [0.2, 0.25) is 0 Å². The maximum absolute atomic E-state index is 10.5. The van der Waals surface area contributed by atoms with Crippen LogP contribution >= 0.6 is 35.0 Å². The number of hydrogen-bond acceptors (Lipinski definition) is 9. The molecule has 1 unspecified atom stereocenters. The zero-order chi connectivity index (χ0) is 24.1. The maximum atomic E-state index is 10.5. The van der Waals surface area contributed by atoms with Gasteiger partial charge >= 0.3 is 0 Å². The predicted octanol–water partition coefficient (Wildman–Crippen LogP) is 5.36. The van der Waals surface area contributed by atoms with Crippen molar-refractivity contribution in [1.82, 2.24) is 20.6 Å². The van der Waals surface area contributed by atoms with E-state index in [1.54, 1.807) is 44.7 Å². The van der Waals surface area contributed by atoms with Gasteiger partial charge in [-0.05, 0) is 29.5 Å². The average molecular weight is 533 g/mol. The molecular weight excluding hydrogens is 503 g/mol. The molecule has 13 heteroatoms. The Morgan fingerprint density at radius 1 is 1.00 bits per heavy atom. The summed E-state index contributed by atoms with van der Waals surface area (Å²) in [5.41, 5.74) is 2.77. The fourth-order valence-electron chi connectivity index (χ4n) is 2.42. The number of nitrogens with zero attached hydrogens (tertiary/aromatic N) is 4. The van der Waals surface area contributed by atoms with Crippen molar-refractivity contribution in [2.24, 2.45) is 0 Å². The van der Waals surface area contributed by atoms with E-state index in [2.05, 4.69) is 20.6 Å². The molecular formula is C21H30Cl2N6O4S. The summed E-state index contributed by atoms with van der Waals surface area (Å²) in [7, 11) is 3.29. The molecule has 1 atom stereocenters. The van der Waals surface area contributed by atoms with E-state index in [4.69, 9.17) is 23.2 Å². The molecule has 2 heterocycles. The minimum absolute atomic E-state index is 0. The molecule has 2 aromatic heterocycles. The zero-order valence-corrected chi connectivity index (χ0v) is 19.8. The van der Waals surface area contributed by atoms with Crippen LogP contribution in [0.15, 0.2) is 60.5 Å². The Morgan fingerprint density at radius 3 is 1.94 bits per heavy atom. The van der Waals surface area contributed by atoms with Crippen molar-refractivity contribution >= 4 is 35.0 Å². The summed E-state index contributed by atoms with van der Waals surface area (Å²) in [5.74, 6) is 0. The lowest BCUT2D eigenvalue weighted by molar-refractivity contribution is -0.403. The minimum atomic E-state index is -0.491. The van der Waals surface area contributed by atoms with Crippen LogP contribution in [-0.2, 0) is 6.42 Å². The number of allylic oxidation sites excluding steroid dienone is 1. The van der Waals surface area contributed by atoms with Crippen LogP contribution in [0.5, 0.6) is 0 Å². The first-order valence-corrected chi connectivity index (χ1v) is 11.0. The lowest BCUT2D eigenvalue weighted by atomic mass is 10.1. The van der Waals surface area contributed by atoms with Gasteiger partial charge < -0.3 is 10.6 Å². The molecule has 188 valence electrons. The molecule has 34 heavy (non-hydrogen) atoms. The van der Waals surface area contributed by atoms with Crippen LogP contribution in [0.1, 0.15) is 31.2 Å². The number of aromatic nitrogens is 2. The molecule has 0 saturated carbocycles. The lowest BCUT2D eigenvalue weighted by Crippen LogP contribution is -2.14. The van der Waals surface area contributed by atoms with E-state index in [9.17, 15) is 20.2 Å². The SMILES string of the molecule is C.C.CN/C(=C\[N+](=O)[O-])C(SC)c1ccc(Cl)nc1.CN/C(=C\[N+](=O)[O-])Cc1ccc(Cl)nc1. The van der Waals surface area contributed by atoms with Crippen molar-refractivity contribution in [2.75, 3.05) is 20.4 Å². The first kappa shape index (κ1) is 33.3. The Balaban J connectivity index is 0. The van der Waals surface area contributed by atoms with E-state index in [0.717, 1.165) is 23.5 Å². The molecule has 0 aromatic carbocycles. The second-order valence-corrected chi connectivity index (χ2v) is 7.72. The zero-order valence-electron chi connectivity index (χ0n) is 17.5. The van der Waals surface area contributed by atoms with Gasteiger partial charge in [-0.1, -0.05) is 50.2 Å². The molecule has 0 fully saturated rings. The van der Waals surface area contributed by atoms with Crippen LogP contribution in [0.3, 0.4) is 0 Å². The molecule has 10 nitrogen and oxygen atoms in total. The van der Waals surface area contributed by atoms with Gasteiger partial charge in [0.1, 0.15) is 10.3 Å². The molecule has 0 aliphatic rings. The highest BCUT2D eigenvalue weighted by Crippen LogP contribution is 2.32. The van der Waals surface area contributed by atoms with Crippen LogP contribution < -0.4 is 10.6 Å². The van der Waals surface area contributed by atoms with Crippen molar-refractivity contribution in [3.63, 3.8) is 0 Å². The van der Waals surface area contributed by atoms with Crippen LogP contribution in [0.25, 0.3) is 0 Å². The predicted molar refractivity (Wildman–Crippen MR) is 140 cm³/mol. The Hall–Kier alpha value is -2.89. The normalized spacial score (nSPS) is 11.6. The standard InChI is InChI=1S/C10H12ClN3O2S.C9H10ClN3O2.2CH4/c1-12-8(6-14(15)16)10(17-2)7-3-4-9(11)13-5-7;1-11-8(6-13(14)15)4-7-2-3-9(10)12-5-7;;/h3-6,10,12H,1-2H3;2-3,5-6,11H,4H2,1H3;2*1H4/b2*8-6-;;. The number of rotatable bonds is 9. The highest BCUT2D eigenvalue weighted by molar-refractivity contribution is 7.99. The summed E-state index contributed by atoms with van der Waals surface area (Å²) in [6, 6.07) is 6.90. The van der Waals surface area contributed by atoms with Gasteiger partial charge in [-0.15, -0.1) is 0 Å². The first-order chi connectivity index (χ1) is 15.2. The Labute approximate surface area is 214 Å². The molecule has 0 radical (unpaired) electrons. The van der Waals surface area contributed by atoms with Crippen molar-refractivity contribution in [3.8, 4) is 0 Å². The van der Waals surface area contributed by atoms with Gasteiger partial charge in [0.05, 0.1) is 26.5 Å². The molecule has 2 rings (SSSR count). The van der Waals surface area contributed by atoms with Crippen LogP contribution in [0.4, 0.5) is 0 Å². The third kappa shape index (κ3) is 12.4. The summed E-state index contributed by atoms with van der Waals surface area (Å²) >= 11 is 12.8. The fraction of sp³-hybridized carbons (Fsp3) is 0.333. The van der Waals surface area contributed by atoms with Gasteiger partial charge in [0, 0.05) is 32.9 Å². The van der Waals surface area contributed by atoms with E-state index in [0.29, 0.717) is 28.1 Å². The van der Waals surface area contributed by atoms with E-state index in [1.165, 1.54) is 11.8 Å². The Kier molecular flexibility index (Phi) is 17.2. The fourth-order valence-corrected chi connectivity index (χ4v) is 3.49. The quantitative estimate of drug-likeness (QED) is 0.248. The van der Waals surface area contributed by atoms with E-state index in [1.807, 2.05) is 12.3 Å². The molecule has 0 aliphatic heterocycles. The number of thioether (sulfide) groups is 1. The van der Waals surface area contributed by atoms with Crippen LogP contribution in [0.2, 0.25) is 10.3 Å². The molecule has 0 amide bonds. The largest absolute Gasteiger partial charge is 0.386 e. The summed E-state index contributed by atoms with van der Waals surface area (Å²) in [4.78, 5) is 27.7. The lowest BCUT2D eigenvalue weighted by Gasteiger charge is -2.16. The van der Waals surface area contributed by atoms with Gasteiger partial charge in [-0.25, -0.2) is 9.97 Å². The molecule has 2 aromatic rings. The topological polar surface area (TPSA) is 136 Å². The number of pyridine rings is 2. The highest BCUT2D eigenvalue weighted by Gasteiger charge is 2.18. The molecule has 0 spiro atoms. The molecule has 2 N–H and O–H groups in total. The van der Waals surface area contributed by atoms with Crippen LogP contribution in [0, 0.1) is 20.2 Å². The van der Waals surface area contributed by atoms with Gasteiger partial charge in [-0.3, -0.25) is 20.2 Å². The van der Waals surface area contributed by atoms with E-state index >= 15 is 0 Å². The number of nitrogens with one attached hydrogen (secondary N) is 2. The van der Waals surface area contributed by atoms with Crippen LogP contribution in [-0.4, -0.2) is 40.2 Å². The van der Waals surface area contributed by atoms with Gasteiger partial charge in [0.25, 0.3) is 12.4 Å². The third-order valence-corrected chi connectivity index (χ3v) is 5.31. The second-order valence-electron chi connectivity index (χ2n) is 6.01. The summed E-state index contributed by atoms with van der Waals surface area (Å²) in [6.07, 6.45) is 7.43. The average Bonchev–Trinajstić information content (AvgIpc) is 2.75. The van der Waals surface area contributed by atoms with Gasteiger partial charge in [0.15, 0.2) is 0 Å². The molecule has 0 aliphatic carbocycles. The molecule has 0 bridgehead atoms. The Morgan fingerprint density at radius 2 is 1.56 bits per heavy atom. The van der Waals surface area contributed by atoms with E-state index < -0.39 is 9.85 Å². The number of likely N-dealkylation sites (N-methyl/N-ethyl adjacent to an activating group) is 2. The first-order valence-electron chi connectivity index (χ1n) is 8.99. The van der Waals surface area contributed by atoms with Gasteiger partial charge in [-0.2, -0.15) is 11.8 Å². The molecule has 0 saturated heterocycles. The summed E-state index contributed by atoms with van der Waals surface area (Å²) in [6.45, 7) is 0. The Bertz CT molecular complexity index is 957.